The van der Waals surface area contributed by atoms with Gasteiger partial charge in [0.05, 0.1) is 3.79 Å². The molecule has 0 radical (unpaired) electrons. The maximum atomic E-state index is 11.2. The molecule has 1 aliphatic carbocycles. The second-order valence-corrected chi connectivity index (χ2v) is 7.94. The molecule has 2 nitrogen and oxygen atoms in total. The molecule has 17 heavy (non-hydrogen) atoms. The molecule has 1 saturated carbocycles. The van der Waals surface area contributed by atoms with Crippen molar-refractivity contribution in [3.8, 4) is 0 Å². The number of fused-ring (bicyclic) bond motifs is 2. The summed E-state index contributed by atoms with van der Waals surface area (Å²) in [6.45, 7) is 2.06. The minimum absolute atomic E-state index is 0.408. The molecule has 0 spiro atoms. The minimum atomic E-state index is -0.568. The predicted octanol–water partition coefficient (Wildman–Crippen LogP) is 3.06. The number of hydrogen-bond acceptors (Lipinski definition) is 3. The van der Waals surface area contributed by atoms with Crippen LogP contribution in [0.25, 0.3) is 0 Å². The van der Waals surface area contributed by atoms with Crippen molar-refractivity contribution in [2.45, 2.75) is 24.9 Å². The number of aliphatic hydroxyl groups is 1. The number of nitrogens with zero attached hydrogens (tertiary/aromatic N) is 1. The third-order valence-corrected chi connectivity index (χ3v) is 6.15. The van der Waals surface area contributed by atoms with E-state index in [2.05, 4.69) is 40.0 Å². The van der Waals surface area contributed by atoms with Crippen LogP contribution in [0.5, 0.6) is 0 Å². The molecule has 94 valence electrons. The van der Waals surface area contributed by atoms with E-state index in [0.29, 0.717) is 11.8 Å². The van der Waals surface area contributed by atoms with Crippen LogP contribution in [-0.4, -0.2) is 30.1 Å². The van der Waals surface area contributed by atoms with Gasteiger partial charge < -0.3 is 10.0 Å². The molecule has 0 aromatic carbocycles. The zero-order valence-corrected chi connectivity index (χ0v) is 12.4. The Bertz CT molecular complexity index is 405. The van der Waals surface area contributed by atoms with Crippen molar-refractivity contribution < 1.29 is 5.11 Å². The molecular weight excluding hydrogens is 298 g/mol. The molecule has 1 N–H and O–H groups in total. The van der Waals surface area contributed by atoms with Gasteiger partial charge >= 0.3 is 0 Å². The predicted molar refractivity (Wildman–Crippen MR) is 74.2 cm³/mol. The topological polar surface area (TPSA) is 23.5 Å². The summed E-state index contributed by atoms with van der Waals surface area (Å²) in [4.78, 5) is 3.54. The lowest BCUT2D eigenvalue weighted by atomic mass is 9.65. The Balaban J connectivity index is 2.00. The lowest BCUT2D eigenvalue weighted by Crippen LogP contribution is -2.56. The molecule has 2 aliphatic rings. The van der Waals surface area contributed by atoms with Gasteiger partial charge in [0.2, 0.25) is 0 Å². The number of likely N-dealkylation sites (tertiary alicyclic amines) is 1. The van der Waals surface area contributed by atoms with E-state index in [-0.39, 0.29) is 0 Å². The third kappa shape index (κ3) is 1.89. The fourth-order valence-corrected chi connectivity index (χ4v) is 5.24. The average molecular weight is 316 g/mol. The standard InChI is InChI=1S/C13H18BrNOS/c1-15-7-9-3-2-4-10(8-15)13(9,16)11-5-6-12(14)17-11/h5-6,9-10,16H,2-4,7-8H2,1H3. The monoisotopic (exact) mass is 315 g/mol. The Morgan fingerprint density at radius 3 is 2.53 bits per heavy atom. The highest BCUT2D eigenvalue weighted by Crippen LogP contribution is 2.50. The fraction of sp³-hybridized carbons (Fsp3) is 0.692. The molecule has 1 saturated heterocycles. The van der Waals surface area contributed by atoms with E-state index in [4.69, 9.17) is 0 Å². The van der Waals surface area contributed by atoms with Gasteiger partial charge in [-0.05, 0) is 48.0 Å². The molecule has 1 aromatic rings. The molecule has 4 heteroatoms. The van der Waals surface area contributed by atoms with Crippen LogP contribution in [0, 0.1) is 11.8 Å². The van der Waals surface area contributed by atoms with Crippen molar-refractivity contribution in [1.29, 1.82) is 0 Å². The van der Waals surface area contributed by atoms with Crippen molar-refractivity contribution in [1.82, 2.24) is 4.90 Å². The third-order valence-electron chi connectivity index (χ3n) is 4.38. The average Bonchev–Trinajstić information content (AvgIpc) is 2.68. The molecule has 2 atom stereocenters. The van der Waals surface area contributed by atoms with Crippen molar-refractivity contribution in [2.75, 3.05) is 20.1 Å². The van der Waals surface area contributed by atoms with Gasteiger partial charge in [-0.3, -0.25) is 0 Å². The van der Waals surface area contributed by atoms with Crippen molar-refractivity contribution >= 4 is 27.3 Å². The summed E-state index contributed by atoms with van der Waals surface area (Å²) < 4.78 is 1.12. The molecule has 2 unspecified atom stereocenters. The van der Waals surface area contributed by atoms with Crippen LogP contribution in [0.4, 0.5) is 0 Å². The Morgan fingerprint density at radius 1 is 1.35 bits per heavy atom. The smallest absolute Gasteiger partial charge is 0.107 e. The molecule has 2 bridgehead atoms. The van der Waals surface area contributed by atoms with Crippen LogP contribution in [0.1, 0.15) is 24.1 Å². The van der Waals surface area contributed by atoms with Crippen LogP contribution < -0.4 is 0 Å². The second-order valence-electron chi connectivity index (χ2n) is 5.48. The molecule has 2 heterocycles. The summed E-state index contributed by atoms with van der Waals surface area (Å²) >= 11 is 5.21. The zero-order chi connectivity index (χ0) is 12.0. The summed E-state index contributed by atoms with van der Waals surface area (Å²) in [5, 5.41) is 11.2. The van der Waals surface area contributed by atoms with Gasteiger partial charge in [0.25, 0.3) is 0 Å². The molecule has 1 aliphatic heterocycles. The van der Waals surface area contributed by atoms with Crippen molar-refractivity contribution in [3.63, 3.8) is 0 Å². The molecule has 3 rings (SSSR count). The van der Waals surface area contributed by atoms with Crippen molar-refractivity contribution in [2.24, 2.45) is 11.8 Å². The number of piperidine rings is 1. The van der Waals surface area contributed by atoms with E-state index in [1.807, 2.05) is 0 Å². The minimum Gasteiger partial charge on any atom is -0.384 e. The molecule has 1 aromatic heterocycles. The van der Waals surface area contributed by atoms with Gasteiger partial charge in [-0.25, -0.2) is 0 Å². The van der Waals surface area contributed by atoms with Gasteiger partial charge in [-0.15, -0.1) is 11.3 Å². The summed E-state index contributed by atoms with van der Waals surface area (Å²) in [6, 6.07) is 4.16. The highest BCUT2D eigenvalue weighted by Gasteiger charge is 2.51. The maximum Gasteiger partial charge on any atom is 0.107 e. The second kappa shape index (κ2) is 4.34. The number of thiophene rings is 1. The lowest BCUT2D eigenvalue weighted by Gasteiger charge is -2.52. The zero-order valence-electron chi connectivity index (χ0n) is 10.0. The summed E-state index contributed by atoms with van der Waals surface area (Å²) in [6.07, 6.45) is 3.59. The normalized spacial score (nSPS) is 38.3. The number of hydrogen-bond donors (Lipinski definition) is 1. The summed E-state index contributed by atoms with van der Waals surface area (Å²) in [5.41, 5.74) is -0.568. The Hall–Kier alpha value is 0.1000. The first-order chi connectivity index (χ1) is 8.10. The van der Waals surface area contributed by atoms with Gasteiger partial charge in [0.1, 0.15) is 5.60 Å². The van der Waals surface area contributed by atoms with E-state index in [1.54, 1.807) is 11.3 Å². The SMILES string of the molecule is CN1CC2CCCC(C1)C2(O)c1ccc(Br)s1. The van der Waals surface area contributed by atoms with Crippen LogP contribution >= 0.6 is 27.3 Å². The number of rotatable bonds is 1. The summed E-state index contributed by atoms with van der Waals surface area (Å²) in [5.74, 6) is 0.816. The van der Waals surface area contributed by atoms with Gasteiger partial charge in [-0.1, -0.05) is 6.42 Å². The first kappa shape index (κ1) is 12.2. The van der Waals surface area contributed by atoms with E-state index in [0.717, 1.165) is 34.6 Å². The first-order valence-electron chi connectivity index (χ1n) is 6.27. The molecular formula is C13H18BrNOS. The Labute approximate surface area is 115 Å². The van der Waals surface area contributed by atoms with Crippen LogP contribution in [0.15, 0.2) is 15.9 Å². The Morgan fingerprint density at radius 2 is 2.00 bits per heavy atom. The van der Waals surface area contributed by atoms with Gasteiger partial charge in [0.15, 0.2) is 0 Å². The first-order valence-corrected chi connectivity index (χ1v) is 7.88. The van der Waals surface area contributed by atoms with Crippen LogP contribution in [0.3, 0.4) is 0 Å². The van der Waals surface area contributed by atoms with Crippen molar-refractivity contribution in [3.05, 3.63) is 20.8 Å². The largest absolute Gasteiger partial charge is 0.384 e. The molecule has 0 amide bonds. The van der Waals surface area contributed by atoms with Crippen LogP contribution in [0.2, 0.25) is 0 Å². The maximum absolute atomic E-state index is 11.2. The quantitative estimate of drug-likeness (QED) is 0.861. The number of halogens is 1. The van der Waals surface area contributed by atoms with Gasteiger partial charge in [-0.2, -0.15) is 0 Å². The van der Waals surface area contributed by atoms with E-state index in [1.165, 1.54) is 6.42 Å². The van der Waals surface area contributed by atoms with E-state index in [9.17, 15) is 5.11 Å². The Kier molecular flexibility index (Phi) is 3.10. The summed E-state index contributed by atoms with van der Waals surface area (Å²) in [7, 11) is 2.18. The van der Waals surface area contributed by atoms with Crippen LogP contribution in [-0.2, 0) is 5.60 Å². The highest BCUT2D eigenvalue weighted by atomic mass is 79.9. The highest BCUT2D eigenvalue weighted by molar-refractivity contribution is 9.11. The van der Waals surface area contributed by atoms with Gasteiger partial charge in [0, 0.05) is 29.8 Å². The van der Waals surface area contributed by atoms with E-state index >= 15 is 0 Å². The van der Waals surface area contributed by atoms with E-state index < -0.39 is 5.60 Å². The molecule has 2 fully saturated rings. The fourth-order valence-electron chi connectivity index (χ4n) is 3.60. The lowest BCUT2D eigenvalue weighted by molar-refractivity contribution is -0.140.